The molecule has 1 aliphatic rings. The molecule has 0 unspecified atom stereocenters. The van der Waals surface area contributed by atoms with Gasteiger partial charge in [-0.05, 0) is 38.1 Å². The summed E-state index contributed by atoms with van der Waals surface area (Å²) in [6, 6.07) is 12.7. The number of fused-ring (bicyclic) bond motifs is 2. The van der Waals surface area contributed by atoms with Gasteiger partial charge in [0.1, 0.15) is 11.5 Å². The largest absolute Gasteiger partial charge is 0.452 e. The molecule has 0 spiro atoms. The molecule has 2 aromatic carbocycles. The van der Waals surface area contributed by atoms with Crippen LogP contribution in [0.25, 0.3) is 17.0 Å². The average Bonchev–Trinajstić information content (AvgIpc) is 3.24. The van der Waals surface area contributed by atoms with Gasteiger partial charge in [-0.3, -0.25) is 4.79 Å². The molecule has 6 heteroatoms. The molecule has 0 radical (unpaired) electrons. The zero-order valence-corrected chi connectivity index (χ0v) is 15.7. The van der Waals surface area contributed by atoms with Crippen LogP contribution in [-0.4, -0.2) is 34.8 Å². The second kappa shape index (κ2) is 7.23. The van der Waals surface area contributed by atoms with Crippen molar-refractivity contribution in [3.8, 4) is 11.5 Å². The lowest BCUT2D eigenvalue weighted by Gasteiger charge is -2.17. The topological polar surface area (TPSA) is 71.6 Å². The Balaban J connectivity index is 1.59. The van der Waals surface area contributed by atoms with E-state index in [0.29, 0.717) is 30.2 Å². The number of hydrogen-bond acceptors (Lipinski definition) is 4. The Labute approximate surface area is 162 Å². The number of Topliss-reactive ketones (excluding diaryl/α,β-unsaturated/α-hetero) is 1. The lowest BCUT2D eigenvalue weighted by molar-refractivity contribution is 0.101. The molecule has 0 atom stereocenters. The van der Waals surface area contributed by atoms with Gasteiger partial charge in [-0.2, -0.15) is 0 Å². The van der Waals surface area contributed by atoms with E-state index >= 15 is 0 Å². The number of carbonyl (C=O) groups is 2. The Kier molecular flexibility index (Phi) is 4.61. The summed E-state index contributed by atoms with van der Waals surface area (Å²) in [5.41, 5.74) is 2.32. The van der Waals surface area contributed by atoms with Crippen LogP contribution in [0.2, 0.25) is 0 Å². The minimum atomic E-state index is -0.427. The standard InChI is InChI=1S/C22H20N2O4/c1-3-24(4-2)22(26)27-15-9-10-17-19(12-15)28-20(21(17)25)11-14-13-23-18-8-6-5-7-16(14)18/h5-13,23H,3-4H2,1-2H3. The van der Waals surface area contributed by atoms with Crippen molar-refractivity contribution in [2.24, 2.45) is 0 Å². The van der Waals surface area contributed by atoms with Crippen LogP contribution in [-0.2, 0) is 0 Å². The number of aromatic amines is 1. The van der Waals surface area contributed by atoms with Crippen LogP contribution >= 0.6 is 0 Å². The zero-order chi connectivity index (χ0) is 19.7. The first-order valence-electron chi connectivity index (χ1n) is 9.22. The number of para-hydroxylation sites is 1. The Bertz CT molecular complexity index is 1090. The maximum Gasteiger partial charge on any atom is 0.415 e. The molecule has 1 amide bonds. The highest BCUT2D eigenvalue weighted by atomic mass is 16.6. The highest BCUT2D eigenvalue weighted by molar-refractivity contribution is 6.15. The molecule has 142 valence electrons. The molecule has 1 N–H and O–H groups in total. The summed E-state index contributed by atoms with van der Waals surface area (Å²) in [7, 11) is 0. The SMILES string of the molecule is CCN(CC)C(=O)Oc1ccc2c(c1)OC(=Cc1c[nH]c3ccccc13)C2=O. The van der Waals surface area contributed by atoms with E-state index in [1.807, 2.05) is 44.3 Å². The van der Waals surface area contributed by atoms with Crippen molar-refractivity contribution in [2.75, 3.05) is 13.1 Å². The minimum absolute atomic E-state index is 0.193. The molecule has 2 heterocycles. The first-order valence-corrected chi connectivity index (χ1v) is 9.22. The molecule has 3 aromatic rings. The van der Waals surface area contributed by atoms with Gasteiger partial charge in [-0.1, -0.05) is 18.2 Å². The second-order valence-electron chi connectivity index (χ2n) is 6.43. The van der Waals surface area contributed by atoms with Gasteiger partial charge < -0.3 is 19.4 Å². The Hall–Kier alpha value is -3.54. The fourth-order valence-electron chi connectivity index (χ4n) is 3.23. The smallest absolute Gasteiger partial charge is 0.415 e. The summed E-state index contributed by atoms with van der Waals surface area (Å²) in [5, 5.41) is 1.01. The first-order chi connectivity index (χ1) is 13.6. The summed E-state index contributed by atoms with van der Waals surface area (Å²) in [6.07, 6.45) is 3.14. The van der Waals surface area contributed by atoms with Crippen LogP contribution in [0.5, 0.6) is 11.5 Å². The van der Waals surface area contributed by atoms with E-state index in [-0.39, 0.29) is 11.5 Å². The third-order valence-electron chi connectivity index (χ3n) is 4.78. The van der Waals surface area contributed by atoms with Crippen molar-refractivity contribution in [1.82, 2.24) is 9.88 Å². The van der Waals surface area contributed by atoms with Gasteiger partial charge in [0.05, 0.1) is 5.56 Å². The molecule has 0 fully saturated rings. The van der Waals surface area contributed by atoms with Gasteiger partial charge in [0.25, 0.3) is 0 Å². The van der Waals surface area contributed by atoms with Crippen molar-refractivity contribution in [3.05, 3.63) is 65.5 Å². The van der Waals surface area contributed by atoms with Gasteiger partial charge in [-0.25, -0.2) is 4.79 Å². The summed E-state index contributed by atoms with van der Waals surface area (Å²) in [5.74, 6) is 0.784. The van der Waals surface area contributed by atoms with E-state index in [1.165, 1.54) is 0 Å². The lowest BCUT2D eigenvalue weighted by Crippen LogP contribution is -2.33. The molecule has 1 aliphatic heterocycles. The number of amides is 1. The Morgan fingerprint density at radius 2 is 1.96 bits per heavy atom. The molecular formula is C22H20N2O4. The molecule has 4 rings (SSSR count). The maximum atomic E-state index is 12.7. The number of ketones is 1. The normalized spacial score (nSPS) is 14.2. The number of ether oxygens (including phenoxy) is 2. The monoisotopic (exact) mass is 376 g/mol. The molecular weight excluding hydrogens is 356 g/mol. The molecule has 28 heavy (non-hydrogen) atoms. The van der Waals surface area contributed by atoms with Crippen LogP contribution in [0.3, 0.4) is 0 Å². The van der Waals surface area contributed by atoms with Crippen molar-refractivity contribution in [2.45, 2.75) is 13.8 Å². The summed E-state index contributed by atoms with van der Waals surface area (Å²) in [6.45, 7) is 4.90. The lowest BCUT2D eigenvalue weighted by atomic mass is 10.1. The highest BCUT2D eigenvalue weighted by Crippen LogP contribution is 2.35. The van der Waals surface area contributed by atoms with Crippen molar-refractivity contribution in [3.63, 3.8) is 0 Å². The molecule has 0 aliphatic carbocycles. The molecule has 0 saturated carbocycles. The number of aromatic nitrogens is 1. The van der Waals surface area contributed by atoms with E-state index in [1.54, 1.807) is 29.2 Å². The molecule has 0 saturated heterocycles. The first kappa shape index (κ1) is 17.9. The summed E-state index contributed by atoms with van der Waals surface area (Å²) in [4.78, 5) is 29.5. The zero-order valence-electron chi connectivity index (χ0n) is 15.7. The quantitative estimate of drug-likeness (QED) is 0.674. The number of carbonyl (C=O) groups excluding carboxylic acids is 2. The highest BCUT2D eigenvalue weighted by Gasteiger charge is 2.28. The van der Waals surface area contributed by atoms with Gasteiger partial charge in [-0.15, -0.1) is 0 Å². The van der Waals surface area contributed by atoms with E-state index < -0.39 is 6.09 Å². The summed E-state index contributed by atoms with van der Waals surface area (Å²) >= 11 is 0. The van der Waals surface area contributed by atoms with Gasteiger partial charge in [0.2, 0.25) is 5.78 Å². The third-order valence-corrected chi connectivity index (χ3v) is 4.78. The number of benzene rings is 2. The number of hydrogen-bond donors (Lipinski definition) is 1. The van der Waals surface area contributed by atoms with E-state index in [2.05, 4.69) is 4.98 Å². The maximum absolute atomic E-state index is 12.7. The van der Waals surface area contributed by atoms with Gasteiger partial charge in [0.15, 0.2) is 5.76 Å². The van der Waals surface area contributed by atoms with Crippen molar-refractivity contribution >= 4 is 28.9 Å². The van der Waals surface area contributed by atoms with E-state index in [0.717, 1.165) is 16.5 Å². The van der Waals surface area contributed by atoms with E-state index in [9.17, 15) is 9.59 Å². The van der Waals surface area contributed by atoms with Crippen molar-refractivity contribution in [1.29, 1.82) is 0 Å². The van der Waals surface area contributed by atoms with Crippen LogP contribution < -0.4 is 9.47 Å². The van der Waals surface area contributed by atoms with Gasteiger partial charge >= 0.3 is 6.09 Å². The molecule has 6 nitrogen and oxygen atoms in total. The van der Waals surface area contributed by atoms with Crippen LogP contribution in [0.15, 0.2) is 54.4 Å². The summed E-state index contributed by atoms with van der Waals surface area (Å²) < 4.78 is 11.2. The molecule has 0 bridgehead atoms. The van der Waals surface area contributed by atoms with Crippen LogP contribution in [0.1, 0.15) is 29.8 Å². The number of H-pyrrole nitrogens is 1. The third kappa shape index (κ3) is 3.13. The number of allylic oxidation sites excluding steroid dienone is 1. The van der Waals surface area contributed by atoms with E-state index in [4.69, 9.17) is 9.47 Å². The minimum Gasteiger partial charge on any atom is -0.452 e. The van der Waals surface area contributed by atoms with Gasteiger partial charge in [0, 0.05) is 41.8 Å². The number of rotatable bonds is 4. The average molecular weight is 376 g/mol. The van der Waals surface area contributed by atoms with Crippen LogP contribution in [0.4, 0.5) is 4.79 Å². The fraction of sp³-hybridized carbons (Fsp3) is 0.182. The van der Waals surface area contributed by atoms with Crippen molar-refractivity contribution < 1.29 is 19.1 Å². The number of nitrogens with zero attached hydrogens (tertiary/aromatic N) is 1. The molecule has 1 aromatic heterocycles. The Morgan fingerprint density at radius 1 is 1.18 bits per heavy atom. The van der Waals surface area contributed by atoms with Crippen LogP contribution in [0, 0.1) is 0 Å². The predicted molar refractivity (Wildman–Crippen MR) is 107 cm³/mol. The predicted octanol–water partition coefficient (Wildman–Crippen LogP) is 4.62. The Morgan fingerprint density at radius 3 is 2.75 bits per heavy atom. The number of nitrogens with one attached hydrogen (secondary N) is 1. The fourth-order valence-corrected chi connectivity index (χ4v) is 3.23. The second-order valence-corrected chi connectivity index (χ2v) is 6.43.